The predicted molar refractivity (Wildman–Crippen MR) is 115 cm³/mol. The third kappa shape index (κ3) is 3.90. The molecule has 0 bridgehead atoms. The number of ether oxygens (including phenoxy) is 2. The van der Waals surface area contributed by atoms with Crippen LogP contribution in [-0.4, -0.2) is 42.5 Å². The van der Waals surface area contributed by atoms with Crippen molar-refractivity contribution in [1.29, 1.82) is 0 Å². The summed E-state index contributed by atoms with van der Waals surface area (Å²) in [6, 6.07) is 11.6. The van der Waals surface area contributed by atoms with E-state index in [2.05, 4.69) is 0 Å². The molecule has 1 amide bonds. The van der Waals surface area contributed by atoms with Crippen LogP contribution in [0.4, 0.5) is 0 Å². The fraction of sp³-hybridized carbons (Fsp3) is 0.333. The van der Waals surface area contributed by atoms with Gasteiger partial charge in [0.25, 0.3) is 11.7 Å². The number of rotatable bonds is 6. The molecule has 30 heavy (non-hydrogen) atoms. The molecule has 0 saturated carbocycles. The Bertz CT molecular complexity index is 991. The van der Waals surface area contributed by atoms with Crippen molar-refractivity contribution in [2.45, 2.75) is 26.8 Å². The van der Waals surface area contributed by atoms with Gasteiger partial charge in [0, 0.05) is 17.7 Å². The van der Waals surface area contributed by atoms with Crippen molar-refractivity contribution in [3.63, 3.8) is 0 Å². The molecule has 1 unspecified atom stereocenters. The third-order valence-electron chi connectivity index (χ3n) is 5.16. The lowest BCUT2D eigenvalue weighted by Gasteiger charge is -2.28. The Hall–Kier alpha value is -3.28. The molecule has 1 aliphatic heterocycles. The zero-order valence-electron chi connectivity index (χ0n) is 17.9. The lowest BCUT2D eigenvalue weighted by Crippen LogP contribution is -2.33. The number of likely N-dealkylation sites (tertiary alicyclic amines) is 1. The Labute approximate surface area is 176 Å². The molecule has 158 valence electrons. The number of hydrogen-bond donors (Lipinski definition) is 1. The Morgan fingerprint density at radius 2 is 1.73 bits per heavy atom. The maximum absolute atomic E-state index is 13.0. The Kier molecular flexibility index (Phi) is 6.15. The summed E-state index contributed by atoms with van der Waals surface area (Å²) in [5.41, 5.74) is 2.15. The third-order valence-corrected chi connectivity index (χ3v) is 5.16. The number of nitrogens with zero attached hydrogens (tertiary/aromatic N) is 1. The van der Waals surface area contributed by atoms with Gasteiger partial charge in [-0.3, -0.25) is 9.59 Å². The summed E-state index contributed by atoms with van der Waals surface area (Å²) < 4.78 is 10.9. The van der Waals surface area contributed by atoms with Crippen LogP contribution in [0.15, 0.2) is 48.0 Å². The summed E-state index contributed by atoms with van der Waals surface area (Å²) in [7, 11) is 3.07. The van der Waals surface area contributed by atoms with Crippen molar-refractivity contribution >= 4 is 17.4 Å². The van der Waals surface area contributed by atoms with E-state index in [0.29, 0.717) is 29.2 Å². The van der Waals surface area contributed by atoms with E-state index in [1.807, 2.05) is 32.9 Å². The Balaban J connectivity index is 2.27. The zero-order valence-corrected chi connectivity index (χ0v) is 17.9. The van der Waals surface area contributed by atoms with Crippen LogP contribution in [0.25, 0.3) is 5.76 Å². The average Bonchev–Trinajstić information content (AvgIpc) is 2.97. The molecule has 0 spiro atoms. The number of carbonyl (C=O) groups is 2. The van der Waals surface area contributed by atoms with Gasteiger partial charge < -0.3 is 19.5 Å². The maximum Gasteiger partial charge on any atom is 0.295 e. The van der Waals surface area contributed by atoms with E-state index in [1.165, 1.54) is 12.0 Å². The largest absolute Gasteiger partial charge is 0.507 e. The molecule has 2 aromatic rings. The predicted octanol–water partition coefficient (Wildman–Crippen LogP) is 4.09. The average molecular weight is 409 g/mol. The SMILES string of the molecule is COc1ccc(OC)c(C2/C(=C(/O)c3ccc(C)cc3)C(=O)C(=O)N2CC(C)C)c1. The van der Waals surface area contributed by atoms with Gasteiger partial charge in [-0.25, -0.2) is 0 Å². The van der Waals surface area contributed by atoms with E-state index in [1.54, 1.807) is 37.4 Å². The van der Waals surface area contributed by atoms with Crippen molar-refractivity contribution in [1.82, 2.24) is 4.90 Å². The molecule has 6 nitrogen and oxygen atoms in total. The quantitative estimate of drug-likeness (QED) is 0.442. The van der Waals surface area contributed by atoms with E-state index < -0.39 is 17.7 Å². The highest BCUT2D eigenvalue weighted by molar-refractivity contribution is 6.46. The number of carbonyl (C=O) groups excluding carboxylic acids is 2. The fourth-order valence-electron chi connectivity index (χ4n) is 3.71. The van der Waals surface area contributed by atoms with Gasteiger partial charge in [-0.2, -0.15) is 0 Å². The summed E-state index contributed by atoms with van der Waals surface area (Å²) in [4.78, 5) is 27.5. The van der Waals surface area contributed by atoms with Crippen molar-refractivity contribution in [3.8, 4) is 11.5 Å². The molecule has 1 saturated heterocycles. The van der Waals surface area contributed by atoms with Crippen LogP contribution in [-0.2, 0) is 9.59 Å². The lowest BCUT2D eigenvalue weighted by atomic mass is 9.94. The summed E-state index contributed by atoms with van der Waals surface area (Å²) in [6.07, 6.45) is 0. The molecule has 6 heteroatoms. The van der Waals surface area contributed by atoms with E-state index in [4.69, 9.17) is 9.47 Å². The van der Waals surface area contributed by atoms with E-state index in [9.17, 15) is 14.7 Å². The van der Waals surface area contributed by atoms with Gasteiger partial charge in [0.1, 0.15) is 17.3 Å². The molecule has 0 aromatic heterocycles. The number of ketones is 1. The molecule has 1 aliphatic rings. The van der Waals surface area contributed by atoms with E-state index >= 15 is 0 Å². The number of Topliss-reactive ketones (excluding diaryl/α,β-unsaturated/α-hetero) is 1. The minimum Gasteiger partial charge on any atom is -0.507 e. The Morgan fingerprint density at radius 3 is 2.30 bits per heavy atom. The minimum atomic E-state index is -0.779. The van der Waals surface area contributed by atoms with Crippen LogP contribution in [0.1, 0.15) is 36.6 Å². The van der Waals surface area contributed by atoms with Crippen LogP contribution in [0.3, 0.4) is 0 Å². The smallest absolute Gasteiger partial charge is 0.295 e. The minimum absolute atomic E-state index is 0.0519. The number of aliphatic hydroxyl groups excluding tert-OH is 1. The maximum atomic E-state index is 13.0. The second-order valence-electron chi connectivity index (χ2n) is 7.82. The summed E-state index contributed by atoms with van der Waals surface area (Å²) >= 11 is 0. The van der Waals surface area contributed by atoms with Crippen LogP contribution in [0, 0.1) is 12.8 Å². The summed E-state index contributed by atoms with van der Waals surface area (Å²) in [6.45, 7) is 6.24. The highest BCUT2D eigenvalue weighted by Crippen LogP contribution is 2.44. The topological polar surface area (TPSA) is 76.1 Å². The van der Waals surface area contributed by atoms with Crippen molar-refractivity contribution in [2.75, 3.05) is 20.8 Å². The van der Waals surface area contributed by atoms with Gasteiger partial charge in [0.15, 0.2) is 0 Å². The first-order valence-electron chi connectivity index (χ1n) is 9.85. The first-order valence-corrected chi connectivity index (χ1v) is 9.85. The first-order chi connectivity index (χ1) is 14.3. The molecule has 1 atom stereocenters. The van der Waals surface area contributed by atoms with Gasteiger partial charge in [-0.1, -0.05) is 43.7 Å². The molecule has 1 N–H and O–H groups in total. The number of methoxy groups -OCH3 is 2. The molecule has 2 aromatic carbocycles. The van der Waals surface area contributed by atoms with Crippen LogP contribution in [0.5, 0.6) is 11.5 Å². The van der Waals surface area contributed by atoms with Crippen molar-refractivity contribution < 1.29 is 24.2 Å². The first kappa shape index (κ1) is 21.4. The fourth-order valence-corrected chi connectivity index (χ4v) is 3.71. The van der Waals surface area contributed by atoms with Gasteiger partial charge in [0.2, 0.25) is 0 Å². The van der Waals surface area contributed by atoms with Crippen molar-refractivity contribution in [2.24, 2.45) is 5.92 Å². The summed E-state index contributed by atoms with van der Waals surface area (Å²) in [5.74, 6) is -0.338. The molecule has 1 heterocycles. The van der Waals surface area contributed by atoms with Gasteiger partial charge >= 0.3 is 0 Å². The van der Waals surface area contributed by atoms with E-state index in [0.717, 1.165) is 5.56 Å². The Morgan fingerprint density at radius 1 is 1.07 bits per heavy atom. The second-order valence-corrected chi connectivity index (χ2v) is 7.82. The number of hydrogen-bond acceptors (Lipinski definition) is 5. The van der Waals surface area contributed by atoms with Gasteiger partial charge in [0.05, 0.1) is 25.8 Å². The van der Waals surface area contributed by atoms with Gasteiger partial charge in [-0.05, 0) is 31.0 Å². The zero-order chi connectivity index (χ0) is 22.0. The van der Waals surface area contributed by atoms with Crippen molar-refractivity contribution in [3.05, 3.63) is 64.7 Å². The summed E-state index contributed by atoms with van der Waals surface area (Å²) in [5, 5.41) is 11.1. The molecule has 0 aliphatic carbocycles. The highest BCUT2D eigenvalue weighted by Gasteiger charge is 2.47. The van der Waals surface area contributed by atoms with E-state index in [-0.39, 0.29) is 17.3 Å². The molecule has 0 radical (unpaired) electrons. The molecular weight excluding hydrogens is 382 g/mol. The second kappa shape index (κ2) is 8.61. The normalized spacial score (nSPS) is 18.2. The number of amides is 1. The standard InChI is InChI=1S/C24H27NO5/c1-14(2)13-25-21(18-12-17(29-4)10-11-19(18)30-5)20(23(27)24(25)28)22(26)16-8-6-15(3)7-9-16/h6-12,14,21,26H,13H2,1-5H3/b22-20-. The lowest BCUT2D eigenvalue weighted by molar-refractivity contribution is -0.140. The van der Waals surface area contributed by atoms with Crippen LogP contribution in [0.2, 0.25) is 0 Å². The number of aryl methyl sites for hydroxylation is 1. The van der Waals surface area contributed by atoms with Crippen LogP contribution < -0.4 is 9.47 Å². The molecular formula is C24H27NO5. The number of benzene rings is 2. The van der Waals surface area contributed by atoms with Gasteiger partial charge in [-0.15, -0.1) is 0 Å². The molecule has 3 rings (SSSR count). The van der Waals surface area contributed by atoms with Crippen LogP contribution >= 0.6 is 0 Å². The molecule has 1 fully saturated rings. The number of aliphatic hydroxyl groups is 1. The monoisotopic (exact) mass is 409 g/mol. The highest BCUT2D eigenvalue weighted by atomic mass is 16.5.